The standard InChI is InChI=1S/C13H16N2O3/c1-9-8-10-4-2-3-5-11(10)15(9)13(18)14-7-6-12(16)17/h2-5,9H,6-8H2,1H3,(H,14,18)(H,16,17). The molecule has 2 amide bonds. The van der Waals surface area contributed by atoms with Gasteiger partial charge in [0.2, 0.25) is 0 Å². The van der Waals surface area contributed by atoms with Gasteiger partial charge in [-0.05, 0) is 25.0 Å². The second kappa shape index (κ2) is 5.08. The fourth-order valence-corrected chi connectivity index (χ4v) is 2.24. The number of hydrogen-bond acceptors (Lipinski definition) is 2. The molecule has 0 aromatic heterocycles. The Morgan fingerprint density at radius 1 is 1.44 bits per heavy atom. The van der Waals surface area contributed by atoms with Gasteiger partial charge >= 0.3 is 12.0 Å². The maximum absolute atomic E-state index is 12.0. The van der Waals surface area contributed by atoms with Gasteiger partial charge in [-0.15, -0.1) is 0 Å². The highest BCUT2D eigenvalue weighted by molar-refractivity contribution is 5.95. The molecule has 1 atom stereocenters. The Morgan fingerprint density at radius 2 is 2.17 bits per heavy atom. The monoisotopic (exact) mass is 248 g/mol. The number of aliphatic carboxylic acids is 1. The molecule has 0 aliphatic carbocycles. The number of carboxylic acids is 1. The molecule has 2 rings (SSSR count). The molecule has 0 saturated heterocycles. The van der Waals surface area contributed by atoms with Crippen LogP contribution in [0.3, 0.4) is 0 Å². The zero-order chi connectivity index (χ0) is 13.1. The summed E-state index contributed by atoms with van der Waals surface area (Å²) in [5.41, 5.74) is 2.07. The van der Waals surface area contributed by atoms with Crippen LogP contribution in [0.1, 0.15) is 18.9 Å². The van der Waals surface area contributed by atoms with E-state index >= 15 is 0 Å². The maximum atomic E-state index is 12.0. The topological polar surface area (TPSA) is 69.6 Å². The van der Waals surface area contributed by atoms with Crippen LogP contribution in [-0.2, 0) is 11.2 Å². The van der Waals surface area contributed by atoms with Crippen LogP contribution in [0, 0.1) is 0 Å². The smallest absolute Gasteiger partial charge is 0.322 e. The molecule has 0 saturated carbocycles. The quantitative estimate of drug-likeness (QED) is 0.854. The summed E-state index contributed by atoms with van der Waals surface area (Å²) < 4.78 is 0. The molecule has 0 fully saturated rings. The van der Waals surface area contributed by atoms with E-state index in [-0.39, 0.29) is 25.0 Å². The normalized spacial score (nSPS) is 17.4. The number of para-hydroxylation sites is 1. The lowest BCUT2D eigenvalue weighted by atomic mass is 10.1. The summed E-state index contributed by atoms with van der Waals surface area (Å²) in [7, 11) is 0. The number of benzene rings is 1. The summed E-state index contributed by atoms with van der Waals surface area (Å²) in [4.78, 5) is 24.1. The number of rotatable bonds is 3. The minimum Gasteiger partial charge on any atom is -0.481 e. The van der Waals surface area contributed by atoms with Crippen molar-refractivity contribution in [2.45, 2.75) is 25.8 Å². The van der Waals surface area contributed by atoms with Crippen molar-refractivity contribution in [1.29, 1.82) is 0 Å². The predicted octanol–water partition coefficient (Wildman–Crippen LogP) is 1.62. The Bertz CT molecular complexity index is 473. The summed E-state index contributed by atoms with van der Waals surface area (Å²) in [5, 5.41) is 11.2. The van der Waals surface area contributed by atoms with Gasteiger partial charge in [-0.1, -0.05) is 18.2 Å². The summed E-state index contributed by atoms with van der Waals surface area (Å²) in [6.45, 7) is 2.14. The van der Waals surface area contributed by atoms with Crippen LogP contribution in [0.25, 0.3) is 0 Å². The minimum absolute atomic E-state index is 0.0599. The van der Waals surface area contributed by atoms with Gasteiger partial charge < -0.3 is 10.4 Å². The van der Waals surface area contributed by atoms with Gasteiger partial charge in [0.25, 0.3) is 0 Å². The van der Waals surface area contributed by atoms with Crippen LogP contribution in [-0.4, -0.2) is 29.7 Å². The van der Waals surface area contributed by atoms with E-state index in [1.807, 2.05) is 31.2 Å². The number of carbonyl (C=O) groups is 2. The van der Waals surface area contributed by atoms with E-state index in [2.05, 4.69) is 5.32 Å². The first kappa shape index (κ1) is 12.4. The first-order valence-corrected chi connectivity index (χ1v) is 5.96. The molecule has 1 aliphatic rings. The lowest BCUT2D eigenvalue weighted by Crippen LogP contribution is -2.43. The van der Waals surface area contributed by atoms with Crippen molar-refractivity contribution in [2.75, 3.05) is 11.4 Å². The molecule has 5 heteroatoms. The van der Waals surface area contributed by atoms with Crippen molar-refractivity contribution >= 4 is 17.7 Å². The molecule has 0 radical (unpaired) electrons. The van der Waals surface area contributed by atoms with Crippen molar-refractivity contribution in [3.8, 4) is 0 Å². The van der Waals surface area contributed by atoms with E-state index in [0.717, 1.165) is 17.7 Å². The van der Waals surface area contributed by atoms with Crippen LogP contribution in [0.15, 0.2) is 24.3 Å². The third-order valence-corrected chi connectivity index (χ3v) is 3.04. The molecule has 1 aliphatic heterocycles. The van der Waals surface area contributed by atoms with Crippen LogP contribution in [0.5, 0.6) is 0 Å². The number of anilines is 1. The van der Waals surface area contributed by atoms with Crippen LogP contribution in [0.2, 0.25) is 0 Å². The van der Waals surface area contributed by atoms with E-state index in [1.54, 1.807) is 4.90 Å². The third kappa shape index (κ3) is 2.45. The number of carbonyl (C=O) groups excluding carboxylic acids is 1. The molecule has 96 valence electrons. The zero-order valence-electron chi connectivity index (χ0n) is 10.2. The molecule has 0 spiro atoms. The first-order chi connectivity index (χ1) is 8.59. The number of amides is 2. The molecule has 2 N–H and O–H groups in total. The number of fused-ring (bicyclic) bond motifs is 1. The molecule has 1 heterocycles. The Hall–Kier alpha value is -2.04. The Kier molecular flexibility index (Phi) is 3.50. The summed E-state index contributed by atoms with van der Waals surface area (Å²) in [6.07, 6.45) is 0.776. The lowest BCUT2D eigenvalue weighted by Gasteiger charge is -2.22. The van der Waals surface area contributed by atoms with E-state index in [0.29, 0.717) is 0 Å². The number of hydrogen-bond donors (Lipinski definition) is 2. The second-order valence-electron chi connectivity index (χ2n) is 4.43. The fraction of sp³-hybridized carbons (Fsp3) is 0.385. The van der Waals surface area contributed by atoms with E-state index in [1.165, 1.54) is 0 Å². The Balaban J connectivity index is 2.04. The van der Waals surface area contributed by atoms with Gasteiger partial charge in [-0.2, -0.15) is 0 Å². The number of carboxylic acid groups (broad SMARTS) is 1. The van der Waals surface area contributed by atoms with Crippen molar-refractivity contribution in [3.05, 3.63) is 29.8 Å². The molecular weight excluding hydrogens is 232 g/mol. The lowest BCUT2D eigenvalue weighted by molar-refractivity contribution is -0.136. The van der Waals surface area contributed by atoms with Gasteiger partial charge in [0.05, 0.1) is 6.42 Å². The number of nitrogens with one attached hydrogen (secondary N) is 1. The van der Waals surface area contributed by atoms with E-state index in [4.69, 9.17) is 5.11 Å². The average molecular weight is 248 g/mol. The average Bonchev–Trinajstić information content (AvgIpc) is 2.64. The van der Waals surface area contributed by atoms with Gasteiger partial charge in [-0.25, -0.2) is 4.79 Å². The molecular formula is C13H16N2O3. The van der Waals surface area contributed by atoms with E-state index < -0.39 is 5.97 Å². The van der Waals surface area contributed by atoms with Gasteiger partial charge in [-0.3, -0.25) is 9.69 Å². The first-order valence-electron chi connectivity index (χ1n) is 5.96. The summed E-state index contributed by atoms with van der Waals surface area (Å²) in [5.74, 6) is -0.912. The van der Waals surface area contributed by atoms with Crippen LogP contribution >= 0.6 is 0 Å². The molecule has 5 nitrogen and oxygen atoms in total. The SMILES string of the molecule is CC1Cc2ccccc2N1C(=O)NCCC(=O)O. The minimum atomic E-state index is -0.912. The largest absolute Gasteiger partial charge is 0.481 e. The predicted molar refractivity (Wildman–Crippen MR) is 67.7 cm³/mol. The zero-order valence-corrected chi connectivity index (χ0v) is 10.2. The fourth-order valence-electron chi connectivity index (χ4n) is 2.24. The van der Waals surface area contributed by atoms with Crippen molar-refractivity contribution < 1.29 is 14.7 Å². The Labute approximate surface area is 105 Å². The number of urea groups is 1. The van der Waals surface area contributed by atoms with E-state index in [9.17, 15) is 9.59 Å². The summed E-state index contributed by atoms with van der Waals surface area (Å²) in [6, 6.07) is 7.65. The molecule has 1 unspecified atom stereocenters. The molecule has 1 aromatic carbocycles. The van der Waals surface area contributed by atoms with Crippen molar-refractivity contribution in [3.63, 3.8) is 0 Å². The van der Waals surface area contributed by atoms with Gasteiger partial charge in [0.15, 0.2) is 0 Å². The highest BCUT2D eigenvalue weighted by Crippen LogP contribution is 2.31. The highest BCUT2D eigenvalue weighted by Gasteiger charge is 2.30. The van der Waals surface area contributed by atoms with Crippen molar-refractivity contribution in [1.82, 2.24) is 5.32 Å². The Morgan fingerprint density at radius 3 is 2.89 bits per heavy atom. The van der Waals surface area contributed by atoms with Crippen LogP contribution in [0.4, 0.5) is 10.5 Å². The second-order valence-corrected chi connectivity index (χ2v) is 4.43. The van der Waals surface area contributed by atoms with Crippen molar-refractivity contribution in [2.24, 2.45) is 0 Å². The van der Waals surface area contributed by atoms with Crippen LogP contribution < -0.4 is 10.2 Å². The molecule has 18 heavy (non-hydrogen) atoms. The van der Waals surface area contributed by atoms with Gasteiger partial charge in [0, 0.05) is 18.3 Å². The maximum Gasteiger partial charge on any atom is 0.322 e. The highest BCUT2D eigenvalue weighted by atomic mass is 16.4. The van der Waals surface area contributed by atoms with Gasteiger partial charge in [0.1, 0.15) is 0 Å². The number of nitrogens with zero attached hydrogens (tertiary/aromatic N) is 1. The molecule has 1 aromatic rings. The molecule has 0 bridgehead atoms. The summed E-state index contributed by atoms with van der Waals surface area (Å²) >= 11 is 0. The third-order valence-electron chi connectivity index (χ3n) is 3.04.